The molecule has 8 heteroatoms. The minimum Gasteiger partial charge on any atom is -0.343 e. The Morgan fingerprint density at radius 1 is 0.824 bits per heavy atom. The Hall–Kier alpha value is -3.68. The second-order valence-corrected chi connectivity index (χ2v) is 8.60. The number of carbonyl (C=O) groups is 4. The van der Waals surface area contributed by atoms with Gasteiger partial charge in [0.05, 0.1) is 6.54 Å². The smallest absolute Gasteiger partial charge is 0.253 e. The Bertz CT molecular complexity index is 1060. The zero-order valence-electron chi connectivity index (χ0n) is 19.5. The highest BCUT2D eigenvalue weighted by Crippen LogP contribution is 2.21. The van der Waals surface area contributed by atoms with Crippen molar-refractivity contribution in [2.24, 2.45) is 0 Å². The zero-order chi connectivity index (χ0) is 24.1. The molecule has 0 unspecified atom stereocenters. The van der Waals surface area contributed by atoms with Crippen LogP contribution < -0.4 is 10.2 Å². The van der Waals surface area contributed by atoms with Crippen LogP contribution in [0.15, 0.2) is 48.5 Å². The molecule has 0 bridgehead atoms. The van der Waals surface area contributed by atoms with Gasteiger partial charge in [-0.15, -0.1) is 0 Å². The zero-order valence-corrected chi connectivity index (χ0v) is 19.5. The topological polar surface area (TPSA) is 90.0 Å². The van der Waals surface area contributed by atoms with Gasteiger partial charge in [0.1, 0.15) is 0 Å². The first-order chi connectivity index (χ1) is 16.5. The van der Waals surface area contributed by atoms with Crippen molar-refractivity contribution in [1.82, 2.24) is 15.1 Å². The van der Waals surface area contributed by atoms with E-state index >= 15 is 0 Å². The van der Waals surface area contributed by atoms with Crippen LogP contribution >= 0.6 is 0 Å². The maximum absolute atomic E-state index is 12.7. The third-order valence-electron chi connectivity index (χ3n) is 6.44. The predicted octanol–water partition coefficient (Wildman–Crippen LogP) is 2.09. The third kappa shape index (κ3) is 5.27. The Morgan fingerprint density at radius 3 is 2.03 bits per heavy atom. The van der Waals surface area contributed by atoms with Crippen molar-refractivity contribution in [2.45, 2.75) is 26.2 Å². The Kier molecular flexibility index (Phi) is 7.25. The summed E-state index contributed by atoms with van der Waals surface area (Å²) in [6.07, 6.45) is 2.33. The summed E-state index contributed by atoms with van der Waals surface area (Å²) in [6, 6.07) is 14.5. The SMILES string of the molecule is CCc1ccc(C(=O)N2CCN(C(=O)CNC(=O)c3ccc(N4CCCC4=O)cc3)CC2)cc1. The lowest BCUT2D eigenvalue weighted by molar-refractivity contribution is -0.131. The highest BCUT2D eigenvalue weighted by atomic mass is 16.2. The van der Waals surface area contributed by atoms with Crippen LogP contribution in [-0.4, -0.2) is 72.7 Å². The number of rotatable bonds is 6. The molecule has 2 heterocycles. The molecule has 2 saturated heterocycles. The van der Waals surface area contributed by atoms with Gasteiger partial charge in [-0.1, -0.05) is 19.1 Å². The summed E-state index contributed by atoms with van der Waals surface area (Å²) in [5, 5.41) is 2.67. The van der Waals surface area contributed by atoms with Crippen LogP contribution in [0.4, 0.5) is 5.69 Å². The van der Waals surface area contributed by atoms with Gasteiger partial charge in [-0.05, 0) is 54.8 Å². The summed E-state index contributed by atoms with van der Waals surface area (Å²) in [5.41, 5.74) is 3.06. The van der Waals surface area contributed by atoms with E-state index in [1.54, 1.807) is 39.0 Å². The van der Waals surface area contributed by atoms with E-state index in [1.165, 1.54) is 5.56 Å². The lowest BCUT2D eigenvalue weighted by atomic mass is 10.1. The van der Waals surface area contributed by atoms with Crippen LogP contribution in [0.5, 0.6) is 0 Å². The van der Waals surface area contributed by atoms with Gasteiger partial charge in [0.25, 0.3) is 11.8 Å². The Balaban J connectivity index is 1.23. The van der Waals surface area contributed by atoms with E-state index in [-0.39, 0.29) is 30.2 Å². The molecule has 4 rings (SSSR count). The lowest BCUT2D eigenvalue weighted by Crippen LogP contribution is -2.52. The predicted molar refractivity (Wildman–Crippen MR) is 129 cm³/mol. The third-order valence-corrected chi connectivity index (χ3v) is 6.44. The van der Waals surface area contributed by atoms with Gasteiger partial charge in [0, 0.05) is 56.0 Å². The van der Waals surface area contributed by atoms with E-state index in [1.807, 2.05) is 24.3 Å². The molecule has 2 aromatic rings. The van der Waals surface area contributed by atoms with E-state index in [4.69, 9.17) is 0 Å². The van der Waals surface area contributed by atoms with Gasteiger partial charge < -0.3 is 20.0 Å². The molecule has 0 aromatic heterocycles. The summed E-state index contributed by atoms with van der Waals surface area (Å²) in [7, 11) is 0. The molecular formula is C26H30N4O4. The van der Waals surface area contributed by atoms with Crippen molar-refractivity contribution in [2.75, 3.05) is 44.2 Å². The fourth-order valence-corrected chi connectivity index (χ4v) is 4.31. The van der Waals surface area contributed by atoms with Gasteiger partial charge in [0.2, 0.25) is 11.8 Å². The number of aryl methyl sites for hydroxylation is 1. The number of piperazine rings is 1. The number of benzene rings is 2. The molecule has 2 aromatic carbocycles. The van der Waals surface area contributed by atoms with E-state index in [0.29, 0.717) is 50.3 Å². The standard InChI is InChI=1S/C26H30N4O4/c1-2-19-5-7-21(8-6-19)26(34)29-16-14-28(15-17-29)24(32)18-27-25(33)20-9-11-22(12-10-20)30-13-3-4-23(30)31/h5-12H,2-4,13-18H2,1H3,(H,27,33). The summed E-state index contributed by atoms with van der Waals surface area (Å²) in [4.78, 5) is 54.8. The van der Waals surface area contributed by atoms with Gasteiger partial charge in [-0.25, -0.2) is 0 Å². The molecule has 2 aliphatic rings. The van der Waals surface area contributed by atoms with Crippen LogP contribution in [0, 0.1) is 0 Å². The van der Waals surface area contributed by atoms with Crippen molar-refractivity contribution in [3.8, 4) is 0 Å². The van der Waals surface area contributed by atoms with Crippen LogP contribution in [0.25, 0.3) is 0 Å². The number of hydrogen-bond donors (Lipinski definition) is 1. The molecule has 0 atom stereocenters. The summed E-state index contributed by atoms with van der Waals surface area (Å²) >= 11 is 0. The fraction of sp³-hybridized carbons (Fsp3) is 0.385. The van der Waals surface area contributed by atoms with Crippen LogP contribution in [0.3, 0.4) is 0 Å². The van der Waals surface area contributed by atoms with Crippen LogP contribution in [0.1, 0.15) is 46.0 Å². The maximum Gasteiger partial charge on any atom is 0.253 e. The fourth-order valence-electron chi connectivity index (χ4n) is 4.31. The minimum atomic E-state index is -0.336. The van der Waals surface area contributed by atoms with E-state index in [9.17, 15) is 19.2 Å². The first-order valence-electron chi connectivity index (χ1n) is 11.8. The molecular weight excluding hydrogens is 432 g/mol. The molecule has 0 aliphatic carbocycles. The summed E-state index contributed by atoms with van der Waals surface area (Å²) in [5.74, 6) is -0.440. The van der Waals surface area contributed by atoms with Gasteiger partial charge in [-0.3, -0.25) is 19.2 Å². The van der Waals surface area contributed by atoms with Crippen LogP contribution in [0.2, 0.25) is 0 Å². The highest BCUT2D eigenvalue weighted by Gasteiger charge is 2.25. The number of nitrogens with zero attached hydrogens (tertiary/aromatic N) is 3. The largest absolute Gasteiger partial charge is 0.343 e. The Morgan fingerprint density at radius 2 is 1.44 bits per heavy atom. The molecule has 0 radical (unpaired) electrons. The molecule has 0 spiro atoms. The Labute approximate surface area is 199 Å². The van der Waals surface area contributed by atoms with Crippen molar-refractivity contribution in [3.05, 3.63) is 65.2 Å². The molecule has 2 fully saturated rings. The molecule has 2 aliphatic heterocycles. The van der Waals surface area contributed by atoms with Gasteiger partial charge >= 0.3 is 0 Å². The average molecular weight is 463 g/mol. The van der Waals surface area contributed by atoms with Gasteiger partial charge in [0.15, 0.2) is 0 Å². The number of hydrogen-bond acceptors (Lipinski definition) is 4. The second kappa shape index (κ2) is 10.5. The molecule has 34 heavy (non-hydrogen) atoms. The van der Waals surface area contributed by atoms with Crippen molar-refractivity contribution in [1.29, 1.82) is 0 Å². The monoisotopic (exact) mass is 462 g/mol. The normalized spacial score (nSPS) is 16.0. The average Bonchev–Trinajstić information content (AvgIpc) is 3.32. The molecule has 1 N–H and O–H groups in total. The minimum absolute atomic E-state index is 0.0258. The first-order valence-corrected chi connectivity index (χ1v) is 11.8. The molecule has 0 saturated carbocycles. The van der Waals surface area contributed by atoms with Crippen LogP contribution in [-0.2, 0) is 16.0 Å². The number of amides is 4. The van der Waals surface area contributed by atoms with E-state index in [2.05, 4.69) is 12.2 Å². The first kappa shape index (κ1) is 23.5. The lowest BCUT2D eigenvalue weighted by Gasteiger charge is -2.35. The molecule has 4 amide bonds. The second-order valence-electron chi connectivity index (χ2n) is 8.60. The molecule has 8 nitrogen and oxygen atoms in total. The van der Waals surface area contributed by atoms with Crippen molar-refractivity contribution in [3.63, 3.8) is 0 Å². The van der Waals surface area contributed by atoms with E-state index < -0.39 is 0 Å². The number of anilines is 1. The van der Waals surface area contributed by atoms with Crippen molar-refractivity contribution >= 4 is 29.3 Å². The summed E-state index contributed by atoms with van der Waals surface area (Å²) in [6.45, 7) is 4.47. The highest BCUT2D eigenvalue weighted by molar-refractivity contribution is 5.99. The quantitative estimate of drug-likeness (QED) is 0.712. The molecule has 178 valence electrons. The number of nitrogens with one attached hydrogen (secondary N) is 1. The van der Waals surface area contributed by atoms with E-state index in [0.717, 1.165) is 18.5 Å². The number of carbonyl (C=O) groups excluding carboxylic acids is 4. The van der Waals surface area contributed by atoms with Gasteiger partial charge in [-0.2, -0.15) is 0 Å². The summed E-state index contributed by atoms with van der Waals surface area (Å²) < 4.78 is 0. The van der Waals surface area contributed by atoms with Crippen molar-refractivity contribution < 1.29 is 19.2 Å². The maximum atomic E-state index is 12.7.